The molecule has 2 aromatic carbocycles. The Hall–Kier alpha value is -2.51. The van der Waals surface area contributed by atoms with Gasteiger partial charge in [0, 0.05) is 22.7 Å². The maximum Gasteiger partial charge on any atom is 0.430 e. The van der Waals surface area contributed by atoms with Crippen molar-refractivity contribution in [3.05, 3.63) is 58.1 Å². The van der Waals surface area contributed by atoms with Gasteiger partial charge in [0.25, 0.3) is 0 Å². The van der Waals surface area contributed by atoms with Gasteiger partial charge in [-0.25, -0.2) is 4.79 Å². The molecular formula is C18H13ClF3NO3. The van der Waals surface area contributed by atoms with Crippen molar-refractivity contribution in [3.8, 4) is 16.9 Å². The number of ether oxygens (including phenoxy) is 1. The average molecular weight is 384 g/mol. The Kier molecular flexibility index (Phi) is 4.68. The van der Waals surface area contributed by atoms with Crippen molar-refractivity contribution in [1.82, 2.24) is 0 Å². The van der Waals surface area contributed by atoms with Gasteiger partial charge in [0.2, 0.25) is 6.10 Å². The molecule has 8 heteroatoms. The highest BCUT2D eigenvalue weighted by Gasteiger charge is 2.48. The van der Waals surface area contributed by atoms with Gasteiger partial charge >= 0.3 is 12.1 Å². The molecular weight excluding hydrogens is 371 g/mol. The standard InChI is InChI=1S/C18H13ClF3NO3/c19-12-5-11-6-14(17(24)25)16(18(20,21)22)26-15(11)13(7-12)10-3-1-9(8-23)2-4-10/h1-7,16H,8,23H2,(H,24,25). The number of carboxylic acids is 1. The van der Waals surface area contributed by atoms with E-state index in [0.717, 1.165) is 11.6 Å². The van der Waals surface area contributed by atoms with Crippen molar-refractivity contribution < 1.29 is 27.8 Å². The third-order valence-electron chi connectivity index (χ3n) is 3.96. The second-order valence-electron chi connectivity index (χ2n) is 5.72. The number of fused-ring (bicyclic) bond motifs is 1. The van der Waals surface area contributed by atoms with Crippen molar-refractivity contribution in [3.63, 3.8) is 0 Å². The SMILES string of the molecule is NCc1ccc(-c2cc(Cl)cc3c2OC(C(F)(F)F)C(C(=O)O)=C3)cc1. The molecule has 2 aromatic rings. The lowest BCUT2D eigenvalue weighted by Crippen LogP contribution is -2.40. The van der Waals surface area contributed by atoms with Crippen LogP contribution in [-0.4, -0.2) is 23.4 Å². The number of nitrogens with two attached hydrogens (primary N) is 1. The van der Waals surface area contributed by atoms with Crippen LogP contribution in [0, 0.1) is 0 Å². The van der Waals surface area contributed by atoms with Crippen LogP contribution in [0.25, 0.3) is 17.2 Å². The summed E-state index contributed by atoms with van der Waals surface area (Å²) in [7, 11) is 0. The normalized spacial score (nSPS) is 16.5. The van der Waals surface area contributed by atoms with Crippen LogP contribution < -0.4 is 10.5 Å². The molecule has 26 heavy (non-hydrogen) atoms. The van der Waals surface area contributed by atoms with Gasteiger partial charge in [-0.2, -0.15) is 13.2 Å². The molecule has 3 N–H and O–H groups in total. The van der Waals surface area contributed by atoms with Gasteiger partial charge in [-0.3, -0.25) is 0 Å². The summed E-state index contributed by atoms with van der Waals surface area (Å²) in [6, 6.07) is 9.71. The molecule has 0 aromatic heterocycles. The van der Waals surface area contributed by atoms with Gasteiger partial charge in [-0.15, -0.1) is 0 Å². The molecule has 0 spiro atoms. The van der Waals surface area contributed by atoms with E-state index in [4.69, 9.17) is 27.2 Å². The number of rotatable bonds is 3. The summed E-state index contributed by atoms with van der Waals surface area (Å²) < 4.78 is 45.0. The summed E-state index contributed by atoms with van der Waals surface area (Å²) in [5, 5.41) is 9.36. The molecule has 0 aliphatic carbocycles. The summed E-state index contributed by atoms with van der Waals surface area (Å²) in [5.74, 6) is -1.77. The lowest BCUT2D eigenvalue weighted by atomic mass is 9.95. The Morgan fingerprint density at radius 2 is 1.88 bits per heavy atom. The highest BCUT2D eigenvalue weighted by Crippen LogP contribution is 2.44. The van der Waals surface area contributed by atoms with Crippen LogP contribution in [0.1, 0.15) is 11.1 Å². The second kappa shape index (κ2) is 6.66. The van der Waals surface area contributed by atoms with Crippen molar-refractivity contribution in [2.45, 2.75) is 18.8 Å². The monoisotopic (exact) mass is 383 g/mol. The fourth-order valence-electron chi connectivity index (χ4n) is 2.73. The van der Waals surface area contributed by atoms with Crippen LogP contribution in [0.15, 0.2) is 42.0 Å². The first-order valence-corrected chi connectivity index (χ1v) is 7.89. The maximum atomic E-state index is 13.3. The molecule has 0 saturated heterocycles. The van der Waals surface area contributed by atoms with E-state index in [1.165, 1.54) is 12.1 Å². The van der Waals surface area contributed by atoms with Crippen molar-refractivity contribution in [2.24, 2.45) is 5.73 Å². The number of aliphatic carboxylic acids is 1. The zero-order valence-corrected chi connectivity index (χ0v) is 13.9. The van der Waals surface area contributed by atoms with E-state index >= 15 is 0 Å². The van der Waals surface area contributed by atoms with Crippen LogP contribution in [0.2, 0.25) is 5.02 Å². The predicted molar refractivity (Wildman–Crippen MR) is 90.9 cm³/mol. The number of halogens is 4. The number of alkyl halides is 3. The summed E-state index contributed by atoms with van der Waals surface area (Å²) in [5.41, 5.74) is 6.60. The molecule has 3 rings (SSSR count). The predicted octanol–water partition coefficient (Wildman–Crippen LogP) is 4.26. The largest absolute Gasteiger partial charge is 0.478 e. The zero-order chi connectivity index (χ0) is 19.1. The third-order valence-corrected chi connectivity index (χ3v) is 4.17. The first-order chi connectivity index (χ1) is 12.2. The topological polar surface area (TPSA) is 72.5 Å². The Balaban J connectivity index is 2.18. The molecule has 1 unspecified atom stereocenters. The van der Waals surface area contributed by atoms with Crippen LogP contribution in [0.3, 0.4) is 0 Å². The van der Waals surface area contributed by atoms with Crippen molar-refractivity contribution >= 4 is 23.6 Å². The molecule has 4 nitrogen and oxygen atoms in total. The lowest BCUT2D eigenvalue weighted by Gasteiger charge is -2.28. The van der Waals surface area contributed by atoms with Gasteiger partial charge in [0.15, 0.2) is 0 Å². The quantitative estimate of drug-likeness (QED) is 0.830. The molecule has 1 heterocycles. The maximum absolute atomic E-state index is 13.3. The highest BCUT2D eigenvalue weighted by molar-refractivity contribution is 6.31. The number of hydrogen-bond donors (Lipinski definition) is 2. The summed E-state index contributed by atoms with van der Waals surface area (Å²) in [6.45, 7) is 0.325. The van der Waals surface area contributed by atoms with E-state index in [1.807, 2.05) is 0 Å². The van der Waals surface area contributed by atoms with Crippen LogP contribution in [0.5, 0.6) is 5.75 Å². The molecule has 136 valence electrons. The van der Waals surface area contributed by atoms with Gasteiger partial charge in [-0.1, -0.05) is 35.9 Å². The average Bonchev–Trinajstić information content (AvgIpc) is 2.59. The van der Waals surface area contributed by atoms with E-state index in [1.54, 1.807) is 24.3 Å². The summed E-state index contributed by atoms with van der Waals surface area (Å²) in [4.78, 5) is 11.2. The fraction of sp³-hybridized carbons (Fsp3) is 0.167. The van der Waals surface area contributed by atoms with Gasteiger partial charge < -0.3 is 15.6 Å². The van der Waals surface area contributed by atoms with Crippen molar-refractivity contribution in [2.75, 3.05) is 0 Å². The number of carbonyl (C=O) groups is 1. The summed E-state index contributed by atoms with van der Waals surface area (Å²) in [6.07, 6.45) is -6.48. The van der Waals surface area contributed by atoms with E-state index in [0.29, 0.717) is 17.7 Å². The van der Waals surface area contributed by atoms with Crippen LogP contribution >= 0.6 is 11.6 Å². The highest BCUT2D eigenvalue weighted by atomic mass is 35.5. The molecule has 1 atom stereocenters. The zero-order valence-electron chi connectivity index (χ0n) is 13.2. The van der Waals surface area contributed by atoms with Gasteiger partial charge in [-0.05, 0) is 29.3 Å². The smallest absolute Gasteiger partial charge is 0.430 e. The Bertz CT molecular complexity index is 892. The van der Waals surface area contributed by atoms with Crippen LogP contribution in [0.4, 0.5) is 13.2 Å². The third kappa shape index (κ3) is 3.40. The molecule has 1 aliphatic heterocycles. The van der Waals surface area contributed by atoms with E-state index < -0.39 is 23.8 Å². The molecule has 1 aliphatic rings. The number of carboxylic acid groups (broad SMARTS) is 1. The summed E-state index contributed by atoms with van der Waals surface area (Å²) >= 11 is 6.07. The molecule has 0 fully saturated rings. The number of hydrogen-bond acceptors (Lipinski definition) is 3. The second-order valence-corrected chi connectivity index (χ2v) is 6.15. The van der Waals surface area contributed by atoms with Gasteiger partial charge in [0.1, 0.15) is 5.75 Å². The minimum absolute atomic E-state index is 0.0674. The minimum atomic E-state index is -4.87. The molecule has 0 amide bonds. The first-order valence-electron chi connectivity index (χ1n) is 7.52. The Labute approximate surface area is 151 Å². The molecule has 0 bridgehead atoms. The Morgan fingerprint density at radius 3 is 2.42 bits per heavy atom. The van der Waals surface area contributed by atoms with Crippen LogP contribution in [-0.2, 0) is 11.3 Å². The van der Waals surface area contributed by atoms with E-state index in [-0.39, 0.29) is 16.3 Å². The minimum Gasteiger partial charge on any atom is -0.478 e. The Morgan fingerprint density at radius 1 is 1.23 bits per heavy atom. The van der Waals surface area contributed by atoms with Gasteiger partial charge in [0.05, 0.1) is 5.57 Å². The molecule has 0 saturated carbocycles. The lowest BCUT2D eigenvalue weighted by molar-refractivity contribution is -0.187. The fourth-order valence-corrected chi connectivity index (χ4v) is 2.96. The number of benzene rings is 2. The first kappa shape index (κ1) is 18.3. The molecule has 0 radical (unpaired) electrons. The van der Waals surface area contributed by atoms with E-state index in [9.17, 15) is 18.0 Å². The van der Waals surface area contributed by atoms with Crippen molar-refractivity contribution in [1.29, 1.82) is 0 Å². The van der Waals surface area contributed by atoms with E-state index in [2.05, 4.69) is 0 Å².